The van der Waals surface area contributed by atoms with Crippen LogP contribution in [0, 0.1) is 0 Å². The number of methoxy groups -OCH3 is 1. The number of H-pyrrole nitrogens is 1. The summed E-state index contributed by atoms with van der Waals surface area (Å²) in [6, 6.07) is 8.97. The zero-order chi connectivity index (χ0) is 22.0. The van der Waals surface area contributed by atoms with Gasteiger partial charge in [0.2, 0.25) is 10.0 Å². The van der Waals surface area contributed by atoms with Crippen molar-refractivity contribution in [2.45, 2.75) is 24.8 Å². The lowest BCUT2D eigenvalue weighted by Gasteiger charge is -2.26. The molecule has 1 aromatic carbocycles. The molecule has 0 aliphatic carbocycles. The second-order valence-corrected chi connectivity index (χ2v) is 9.54. The van der Waals surface area contributed by atoms with E-state index in [2.05, 4.69) is 34.4 Å². The maximum atomic E-state index is 13.0. The lowest BCUT2D eigenvalue weighted by Crippen LogP contribution is -2.40. The van der Waals surface area contributed by atoms with Crippen molar-refractivity contribution in [3.63, 3.8) is 0 Å². The number of hydrogen-bond acceptors (Lipinski definition) is 7. The van der Waals surface area contributed by atoms with Crippen molar-refractivity contribution in [3.8, 4) is 5.75 Å². The van der Waals surface area contributed by atoms with Crippen molar-refractivity contribution in [3.05, 3.63) is 36.5 Å². The standard InChI is InChI=1S/C21H27N5O4S/c1-14(2)23-18-13-20(25-21-16(18)6-7-22-21)24-17-5-4-15(12-19(17)29-3)31(27,28)26-8-10-30-11-9-26/h4-7,12-14H,8-11H2,1-3H3,(H3,22,23,24,25). The third-order valence-corrected chi connectivity index (χ3v) is 6.91. The van der Waals surface area contributed by atoms with Gasteiger partial charge in [-0.2, -0.15) is 4.31 Å². The zero-order valence-corrected chi connectivity index (χ0v) is 18.6. The highest BCUT2D eigenvalue weighted by atomic mass is 32.2. The summed E-state index contributed by atoms with van der Waals surface area (Å²) < 4.78 is 38.1. The summed E-state index contributed by atoms with van der Waals surface area (Å²) in [5.41, 5.74) is 2.32. The maximum absolute atomic E-state index is 13.0. The van der Waals surface area contributed by atoms with E-state index < -0.39 is 10.0 Å². The summed E-state index contributed by atoms with van der Waals surface area (Å²) in [6.07, 6.45) is 1.85. The minimum Gasteiger partial charge on any atom is -0.495 e. The molecule has 0 radical (unpaired) electrons. The number of benzene rings is 1. The first-order valence-electron chi connectivity index (χ1n) is 10.2. The number of anilines is 3. The Labute approximate surface area is 181 Å². The normalized spacial score (nSPS) is 15.4. The van der Waals surface area contributed by atoms with Crippen LogP contribution in [0.2, 0.25) is 0 Å². The van der Waals surface area contributed by atoms with E-state index in [9.17, 15) is 8.42 Å². The molecule has 1 aliphatic heterocycles. The fourth-order valence-electron chi connectivity index (χ4n) is 3.54. The molecule has 0 bridgehead atoms. The molecule has 0 spiro atoms. The minimum atomic E-state index is -3.61. The average Bonchev–Trinajstić information content (AvgIpc) is 3.23. The van der Waals surface area contributed by atoms with E-state index in [1.54, 1.807) is 12.1 Å². The Bertz CT molecular complexity index is 1170. The average molecular weight is 446 g/mol. The number of morpholine rings is 1. The van der Waals surface area contributed by atoms with Crippen molar-refractivity contribution in [1.82, 2.24) is 14.3 Å². The van der Waals surface area contributed by atoms with E-state index in [0.29, 0.717) is 43.6 Å². The van der Waals surface area contributed by atoms with Gasteiger partial charge in [-0.15, -0.1) is 0 Å². The molecule has 0 saturated carbocycles. The van der Waals surface area contributed by atoms with Gasteiger partial charge in [0.1, 0.15) is 17.2 Å². The van der Waals surface area contributed by atoms with Gasteiger partial charge in [-0.1, -0.05) is 0 Å². The monoisotopic (exact) mass is 445 g/mol. The van der Waals surface area contributed by atoms with Crippen LogP contribution in [-0.4, -0.2) is 62.1 Å². The van der Waals surface area contributed by atoms with Crippen LogP contribution in [0.1, 0.15) is 13.8 Å². The van der Waals surface area contributed by atoms with Crippen LogP contribution in [0.5, 0.6) is 5.75 Å². The summed E-state index contributed by atoms with van der Waals surface area (Å²) in [5, 5.41) is 7.68. The van der Waals surface area contributed by atoms with Crippen LogP contribution in [-0.2, 0) is 14.8 Å². The molecular formula is C21H27N5O4S. The molecule has 0 atom stereocenters. The van der Waals surface area contributed by atoms with E-state index in [4.69, 9.17) is 9.47 Å². The van der Waals surface area contributed by atoms with Gasteiger partial charge < -0.3 is 25.1 Å². The van der Waals surface area contributed by atoms with Gasteiger partial charge in [-0.05, 0) is 32.0 Å². The third-order valence-electron chi connectivity index (χ3n) is 5.02. The molecule has 2 aromatic heterocycles. The largest absolute Gasteiger partial charge is 0.495 e. The Kier molecular flexibility index (Phi) is 6.03. The Balaban J connectivity index is 1.65. The zero-order valence-electron chi connectivity index (χ0n) is 17.8. The van der Waals surface area contributed by atoms with Crippen molar-refractivity contribution in [2.75, 3.05) is 44.0 Å². The topological polar surface area (TPSA) is 109 Å². The van der Waals surface area contributed by atoms with Crippen LogP contribution in [0.25, 0.3) is 11.0 Å². The molecule has 9 nitrogen and oxygen atoms in total. The van der Waals surface area contributed by atoms with Crippen LogP contribution in [0.3, 0.4) is 0 Å². The van der Waals surface area contributed by atoms with Crippen molar-refractivity contribution in [1.29, 1.82) is 0 Å². The van der Waals surface area contributed by atoms with E-state index in [0.717, 1.165) is 16.7 Å². The van der Waals surface area contributed by atoms with Gasteiger partial charge in [0.15, 0.2) is 0 Å². The van der Waals surface area contributed by atoms with Crippen LogP contribution >= 0.6 is 0 Å². The summed E-state index contributed by atoms with van der Waals surface area (Å²) >= 11 is 0. The maximum Gasteiger partial charge on any atom is 0.243 e. The molecule has 1 saturated heterocycles. The number of hydrogen-bond donors (Lipinski definition) is 3. The number of fused-ring (bicyclic) bond motifs is 1. The number of ether oxygens (including phenoxy) is 2. The summed E-state index contributed by atoms with van der Waals surface area (Å²) in [5.74, 6) is 1.03. The van der Waals surface area contributed by atoms with E-state index >= 15 is 0 Å². The molecule has 4 rings (SSSR count). The lowest BCUT2D eigenvalue weighted by atomic mass is 10.2. The lowest BCUT2D eigenvalue weighted by molar-refractivity contribution is 0.0730. The SMILES string of the molecule is COc1cc(S(=O)(=O)N2CCOCC2)ccc1Nc1cc(NC(C)C)c2cc[nH]c2n1. The highest BCUT2D eigenvalue weighted by Crippen LogP contribution is 2.33. The molecule has 166 valence electrons. The second kappa shape index (κ2) is 8.74. The summed E-state index contributed by atoms with van der Waals surface area (Å²) in [7, 11) is -2.10. The predicted octanol–water partition coefficient (Wildman–Crippen LogP) is 3.16. The molecule has 0 amide bonds. The van der Waals surface area contributed by atoms with E-state index in [-0.39, 0.29) is 10.9 Å². The predicted molar refractivity (Wildman–Crippen MR) is 121 cm³/mol. The molecule has 10 heteroatoms. The second-order valence-electron chi connectivity index (χ2n) is 7.60. The quantitative estimate of drug-likeness (QED) is 0.513. The number of aromatic nitrogens is 2. The molecule has 3 heterocycles. The van der Waals surface area contributed by atoms with Crippen molar-refractivity contribution in [2.24, 2.45) is 0 Å². The highest BCUT2D eigenvalue weighted by Gasteiger charge is 2.27. The first-order chi connectivity index (χ1) is 14.9. The van der Waals surface area contributed by atoms with Gasteiger partial charge in [0.25, 0.3) is 0 Å². The Morgan fingerprint density at radius 1 is 1.16 bits per heavy atom. The number of rotatable bonds is 7. The molecule has 3 N–H and O–H groups in total. The Morgan fingerprint density at radius 3 is 2.65 bits per heavy atom. The van der Waals surface area contributed by atoms with Gasteiger partial charge in [0.05, 0.1) is 30.9 Å². The van der Waals surface area contributed by atoms with Crippen LogP contribution < -0.4 is 15.4 Å². The van der Waals surface area contributed by atoms with E-state index in [1.165, 1.54) is 17.5 Å². The molecule has 1 aliphatic rings. The number of nitrogens with zero attached hydrogens (tertiary/aromatic N) is 2. The summed E-state index contributed by atoms with van der Waals surface area (Å²) in [4.78, 5) is 7.94. The molecule has 31 heavy (non-hydrogen) atoms. The van der Waals surface area contributed by atoms with Gasteiger partial charge in [-0.25, -0.2) is 13.4 Å². The molecule has 1 fully saturated rings. The van der Waals surface area contributed by atoms with Crippen LogP contribution in [0.4, 0.5) is 17.2 Å². The fourth-order valence-corrected chi connectivity index (χ4v) is 4.97. The minimum absolute atomic E-state index is 0.187. The van der Waals surface area contributed by atoms with Gasteiger partial charge in [0, 0.05) is 48.5 Å². The molecule has 3 aromatic rings. The third kappa shape index (κ3) is 4.46. The van der Waals surface area contributed by atoms with Crippen molar-refractivity contribution < 1.29 is 17.9 Å². The highest BCUT2D eigenvalue weighted by molar-refractivity contribution is 7.89. The first-order valence-corrected chi connectivity index (χ1v) is 11.6. The number of nitrogens with one attached hydrogen (secondary N) is 3. The first kappa shape index (κ1) is 21.4. The van der Waals surface area contributed by atoms with Crippen LogP contribution in [0.15, 0.2) is 41.4 Å². The van der Waals surface area contributed by atoms with Gasteiger partial charge in [-0.3, -0.25) is 0 Å². The Morgan fingerprint density at radius 2 is 1.94 bits per heavy atom. The Hall–Kier alpha value is -2.82. The number of sulfonamides is 1. The van der Waals surface area contributed by atoms with E-state index in [1.807, 2.05) is 18.3 Å². The number of aromatic amines is 1. The summed E-state index contributed by atoms with van der Waals surface area (Å²) in [6.45, 7) is 5.63. The molecular weight excluding hydrogens is 418 g/mol. The fraction of sp³-hybridized carbons (Fsp3) is 0.381. The molecule has 0 unspecified atom stereocenters. The van der Waals surface area contributed by atoms with Gasteiger partial charge >= 0.3 is 0 Å². The smallest absolute Gasteiger partial charge is 0.243 e. The van der Waals surface area contributed by atoms with Crippen molar-refractivity contribution >= 4 is 38.2 Å². The number of pyridine rings is 1.